The van der Waals surface area contributed by atoms with E-state index in [1.54, 1.807) is 31.5 Å². The summed E-state index contributed by atoms with van der Waals surface area (Å²) >= 11 is 0. The maximum Gasteiger partial charge on any atom is 0.246 e. The van der Waals surface area contributed by atoms with Gasteiger partial charge >= 0.3 is 0 Å². The summed E-state index contributed by atoms with van der Waals surface area (Å²) in [6.07, 6.45) is 8.41. The van der Waals surface area contributed by atoms with Crippen molar-refractivity contribution in [2.75, 3.05) is 51.4 Å². The molecule has 1 aromatic heterocycles. The van der Waals surface area contributed by atoms with Crippen molar-refractivity contribution in [3.8, 4) is 17.9 Å². The highest BCUT2D eigenvalue weighted by molar-refractivity contribution is 5.91. The van der Waals surface area contributed by atoms with Crippen LogP contribution in [0, 0.1) is 29.1 Å². The number of carbonyl (C=O) groups excluding carboxylic acids is 2. The van der Waals surface area contributed by atoms with Crippen LogP contribution in [-0.4, -0.2) is 78.4 Å². The second-order valence-electron chi connectivity index (χ2n) is 10.1. The molecular weight excluding hydrogens is 504 g/mol. The van der Waals surface area contributed by atoms with Crippen molar-refractivity contribution in [3.05, 3.63) is 53.7 Å². The third kappa shape index (κ3) is 9.72. The van der Waals surface area contributed by atoms with Crippen LogP contribution >= 0.6 is 0 Å². The molecule has 0 saturated heterocycles. The molecule has 1 fully saturated rings. The molecule has 10 nitrogen and oxygen atoms in total. The van der Waals surface area contributed by atoms with E-state index in [4.69, 9.17) is 5.26 Å². The van der Waals surface area contributed by atoms with E-state index in [0.717, 1.165) is 37.9 Å². The fraction of sp³-hybridized carbons (Fsp3) is 0.433. The van der Waals surface area contributed by atoms with E-state index in [1.807, 2.05) is 31.1 Å². The molecule has 0 aliphatic heterocycles. The van der Waals surface area contributed by atoms with Crippen molar-refractivity contribution in [2.24, 2.45) is 5.92 Å². The Balaban J connectivity index is 1.56. The molecule has 210 valence electrons. The van der Waals surface area contributed by atoms with Crippen LogP contribution in [0.5, 0.6) is 0 Å². The van der Waals surface area contributed by atoms with Crippen LogP contribution in [0.4, 0.5) is 17.5 Å². The molecule has 0 unspecified atom stereocenters. The van der Waals surface area contributed by atoms with Crippen LogP contribution in [0.25, 0.3) is 0 Å². The van der Waals surface area contributed by atoms with Crippen LogP contribution in [-0.2, 0) is 9.59 Å². The molecule has 1 aromatic carbocycles. The van der Waals surface area contributed by atoms with E-state index in [-0.39, 0.29) is 30.3 Å². The number of nitriles is 1. The lowest BCUT2D eigenvalue weighted by molar-refractivity contribution is -0.131. The highest BCUT2D eigenvalue weighted by Gasteiger charge is 2.25. The number of benzene rings is 1. The average molecular weight is 543 g/mol. The first-order chi connectivity index (χ1) is 19.3. The van der Waals surface area contributed by atoms with Gasteiger partial charge in [-0.2, -0.15) is 10.2 Å². The van der Waals surface area contributed by atoms with Crippen molar-refractivity contribution in [1.29, 1.82) is 5.26 Å². The third-order valence-electron chi connectivity index (χ3n) is 6.30. The number of nitrogens with zero attached hydrogens (tertiary/aromatic N) is 5. The second kappa shape index (κ2) is 15.2. The molecule has 0 bridgehead atoms. The van der Waals surface area contributed by atoms with Crippen molar-refractivity contribution >= 4 is 29.3 Å². The number of hydrogen-bond acceptors (Lipinski definition) is 8. The number of likely N-dealkylation sites (N-methyl/N-ethyl adjacent to an activating group) is 2. The number of aromatic nitrogens is 2. The number of hydrogen-bond donors (Lipinski definition) is 3. The molecule has 2 atom stereocenters. The zero-order chi connectivity index (χ0) is 28.9. The van der Waals surface area contributed by atoms with E-state index in [2.05, 4.69) is 50.8 Å². The minimum absolute atomic E-state index is 0.0185. The first-order valence-corrected chi connectivity index (χ1v) is 13.5. The topological polar surface area (TPSA) is 126 Å². The van der Waals surface area contributed by atoms with Crippen molar-refractivity contribution < 1.29 is 9.59 Å². The maximum absolute atomic E-state index is 12.5. The Kier molecular flexibility index (Phi) is 11.5. The molecule has 40 heavy (non-hydrogen) atoms. The lowest BCUT2D eigenvalue weighted by Gasteiger charge is -2.17. The first-order valence-electron chi connectivity index (χ1n) is 13.5. The Hall–Kier alpha value is -4.41. The van der Waals surface area contributed by atoms with Gasteiger partial charge in [-0.1, -0.05) is 24.8 Å². The molecule has 3 N–H and O–H groups in total. The fourth-order valence-electron chi connectivity index (χ4n) is 4.15. The van der Waals surface area contributed by atoms with Gasteiger partial charge in [0, 0.05) is 43.9 Å². The number of amides is 2. The van der Waals surface area contributed by atoms with Crippen LogP contribution in [0.15, 0.2) is 42.6 Å². The Morgan fingerprint density at radius 3 is 2.65 bits per heavy atom. The predicted octanol–water partition coefficient (Wildman–Crippen LogP) is 3.13. The lowest BCUT2D eigenvalue weighted by atomic mass is 10.1. The molecular formula is C30H38N8O2. The summed E-state index contributed by atoms with van der Waals surface area (Å²) < 4.78 is 0. The summed E-state index contributed by atoms with van der Waals surface area (Å²) in [6.45, 7) is 3.52. The van der Waals surface area contributed by atoms with E-state index < -0.39 is 0 Å². The molecule has 0 spiro atoms. The molecule has 1 heterocycles. The Morgan fingerprint density at radius 1 is 1.18 bits per heavy atom. The third-order valence-corrected chi connectivity index (χ3v) is 6.30. The molecule has 10 heteroatoms. The van der Waals surface area contributed by atoms with Gasteiger partial charge in [-0.25, -0.2) is 4.98 Å². The summed E-state index contributed by atoms with van der Waals surface area (Å²) in [4.78, 5) is 37.1. The maximum atomic E-state index is 12.5. The quantitative estimate of drug-likeness (QED) is 0.292. The Bertz CT molecular complexity index is 1290. The molecule has 1 aliphatic rings. The standard InChI is InChI=1S/C30H38N8O2/c1-5-16-32-29-24(20-33-30(36-29)35-25-13-10-23(19-31)11-14-25)12-8-22-9-15-26(18-22)34-27(39)21-38(4)28(40)7-6-17-37(2)3/h6-7,10-11,13-14,20,22,26H,5,9,15-18,21H2,1-4H3,(H,34,39)(H2,32,33,35,36)/b7-6+/t22-,26+/m1/s1. The molecule has 2 aromatic rings. The first kappa shape index (κ1) is 30.1. The summed E-state index contributed by atoms with van der Waals surface area (Å²) in [7, 11) is 5.48. The number of nitrogens with one attached hydrogen (secondary N) is 3. The second-order valence-corrected chi connectivity index (χ2v) is 10.1. The van der Waals surface area contributed by atoms with Crippen molar-refractivity contribution in [3.63, 3.8) is 0 Å². The van der Waals surface area contributed by atoms with Crippen LogP contribution < -0.4 is 16.0 Å². The molecule has 2 amide bonds. The normalized spacial score (nSPS) is 16.2. The molecule has 1 saturated carbocycles. The van der Waals surface area contributed by atoms with E-state index in [0.29, 0.717) is 29.4 Å². The minimum atomic E-state index is -0.194. The summed E-state index contributed by atoms with van der Waals surface area (Å²) in [5.41, 5.74) is 2.09. The fourth-order valence-corrected chi connectivity index (χ4v) is 4.15. The number of anilines is 3. The molecule has 1 aliphatic carbocycles. The van der Waals surface area contributed by atoms with Gasteiger partial charge in [-0.05, 0) is 64.0 Å². The van der Waals surface area contributed by atoms with Gasteiger partial charge in [0.2, 0.25) is 17.8 Å². The van der Waals surface area contributed by atoms with Gasteiger partial charge < -0.3 is 25.8 Å². The van der Waals surface area contributed by atoms with Gasteiger partial charge in [0.25, 0.3) is 0 Å². The molecule has 3 rings (SSSR count). The van der Waals surface area contributed by atoms with Gasteiger partial charge in [-0.15, -0.1) is 0 Å². The van der Waals surface area contributed by atoms with Gasteiger partial charge in [0.05, 0.1) is 29.9 Å². The van der Waals surface area contributed by atoms with Crippen LogP contribution in [0.1, 0.15) is 43.7 Å². The smallest absolute Gasteiger partial charge is 0.246 e. The average Bonchev–Trinajstić information content (AvgIpc) is 3.38. The van der Waals surface area contributed by atoms with Gasteiger partial charge in [-0.3, -0.25) is 9.59 Å². The largest absolute Gasteiger partial charge is 0.369 e. The van der Waals surface area contributed by atoms with E-state index >= 15 is 0 Å². The highest BCUT2D eigenvalue weighted by atomic mass is 16.2. The SMILES string of the molecule is CCCNc1nc(Nc2ccc(C#N)cc2)ncc1C#C[C@@H]1CC[C@H](NC(=O)CN(C)C(=O)/C=C/CN(C)C)C1. The zero-order valence-electron chi connectivity index (χ0n) is 23.7. The highest BCUT2D eigenvalue weighted by Crippen LogP contribution is 2.25. The Labute approximate surface area is 236 Å². The van der Waals surface area contributed by atoms with E-state index in [1.165, 1.54) is 11.0 Å². The van der Waals surface area contributed by atoms with Crippen molar-refractivity contribution in [2.45, 2.75) is 38.6 Å². The lowest BCUT2D eigenvalue weighted by Crippen LogP contribution is -2.41. The monoisotopic (exact) mass is 542 g/mol. The zero-order valence-corrected chi connectivity index (χ0v) is 23.7. The van der Waals surface area contributed by atoms with Gasteiger partial charge in [0.15, 0.2) is 0 Å². The Morgan fingerprint density at radius 2 is 1.95 bits per heavy atom. The number of carbonyl (C=O) groups is 2. The summed E-state index contributed by atoms with van der Waals surface area (Å²) in [5, 5.41) is 18.5. The summed E-state index contributed by atoms with van der Waals surface area (Å²) in [6, 6.07) is 9.23. The molecule has 0 radical (unpaired) electrons. The predicted molar refractivity (Wildman–Crippen MR) is 157 cm³/mol. The summed E-state index contributed by atoms with van der Waals surface area (Å²) in [5.74, 6) is 7.47. The minimum Gasteiger partial charge on any atom is -0.369 e. The van der Waals surface area contributed by atoms with E-state index in [9.17, 15) is 9.59 Å². The van der Waals surface area contributed by atoms with Crippen LogP contribution in [0.2, 0.25) is 0 Å². The number of rotatable bonds is 11. The van der Waals surface area contributed by atoms with Crippen molar-refractivity contribution in [1.82, 2.24) is 25.1 Å². The van der Waals surface area contributed by atoms with Crippen LogP contribution in [0.3, 0.4) is 0 Å². The van der Waals surface area contributed by atoms with Gasteiger partial charge in [0.1, 0.15) is 5.82 Å².